The lowest BCUT2D eigenvalue weighted by Crippen LogP contribution is -2.17. The maximum absolute atomic E-state index is 12.6. The lowest BCUT2D eigenvalue weighted by atomic mass is 9.87. The highest BCUT2D eigenvalue weighted by molar-refractivity contribution is 14.1. The molecule has 1 aromatic heterocycles. The number of nitrogens with one attached hydrogen (secondary N) is 1. The summed E-state index contributed by atoms with van der Waals surface area (Å²) in [7, 11) is 2.94. The molecule has 9 heteroatoms. The topological polar surface area (TPSA) is 98.0 Å². The number of anilines is 1. The molecule has 2 N–H and O–H groups in total. The molecule has 0 spiro atoms. The Hall–Kier alpha value is -3.00. The van der Waals surface area contributed by atoms with Crippen molar-refractivity contribution in [3.63, 3.8) is 0 Å². The van der Waals surface area contributed by atoms with Gasteiger partial charge in [0, 0.05) is 29.6 Å². The van der Waals surface area contributed by atoms with E-state index in [0.717, 1.165) is 36.6 Å². The predicted octanol–water partition coefficient (Wildman–Crippen LogP) is 4.66. The number of terminal acetylenes is 1. The molecule has 1 saturated carbocycles. The molecule has 32 heavy (non-hydrogen) atoms. The first-order valence-electron chi connectivity index (χ1n) is 10.1. The highest BCUT2D eigenvalue weighted by Crippen LogP contribution is 2.35. The zero-order valence-corrected chi connectivity index (χ0v) is 20.1. The van der Waals surface area contributed by atoms with Gasteiger partial charge in [-0.25, -0.2) is 0 Å². The number of methoxy groups -OCH3 is 2. The van der Waals surface area contributed by atoms with Crippen LogP contribution in [0.3, 0.4) is 0 Å². The number of hydrogen-bond donors (Lipinski definition) is 2. The van der Waals surface area contributed by atoms with Crippen molar-refractivity contribution in [1.82, 2.24) is 9.78 Å². The van der Waals surface area contributed by atoms with Crippen molar-refractivity contribution in [1.29, 1.82) is 0 Å². The Labute approximate surface area is 200 Å². The Morgan fingerprint density at radius 1 is 1.38 bits per heavy atom. The fourth-order valence-corrected chi connectivity index (χ4v) is 3.99. The van der Waals surface area contributed by atoms with Crippen LogP contribution in [0.25, 0.3) is 10.9 Å². The molecule has 0 saturated heterocycles. The Bertz CT molecular complexity index is 1110. The number of halogens is 1. The Morgan fingerprint density at radius 3 is 2.75 bits per heavy atom. The third-order valence-corrected chi connectivity index (χ3v) is 6.25. The van der Waals surface area contributed by atoms with Gasteiger partial charge < -0.3 is 20.0 Å². The summed E-state index contributed by atoms with van der Waals surface area (Å²) < 4.78 is 12.7. The minimum atomic E-state index is -0.298. The van der Waals surface area contributed by atoms with Gasteiger partial charge in [0.25, 0.3) is 5.91 Å². The molecule has 1 aliphatic carbocycles. The summed E-state index contributed by atoms with van der Waals surface area (Å²) in [5.41, 5.74) is 1.36. The lowest BCUT2D eigenvalue weighted by Gasteiger charge is -2.25. The molecule has 0 aliphatic heterocycles. The van der Waals surface area contributed by atoms with Crippen molar-refractivity contribution in [2.75, 3.05) is 19.5 Å². The molecular weight excluding hydrogens is 523 g/mol. The zero-order chi connectivity index (χ0) is 23.1. The van der Waals surface area contributed by atoms with Gasteiger partial charge in [0.1, 0.15) is 5.75 Å². The molecule has 0 unspecified atom stereocenters. The van der Waals surface area contributed by atoms with Crippen LogP contribution in [-0.4, -0.2) is 41.0 Å². The first-order chi connectivity index (χ1) is 15.5. The van der Waals surface area contributed by atoms with Crippen LogP contribution < -0.4 is 10.1 Å². The zero-order valence-electron chi connectivity index (χ0n) is 17.9. The first-order valence-corrected chi connectivity index (χ1v) is 11.2. The Morgan fingerprint density at radius 2 is 2.12 bits per heavy atom. The van der Waals surface area contributed by atoms with Gasteiger partial charge in [0.2, 0.25) is 5.90 Å². The van der Waals surface area contributed by atoms with E-state index in [0.29, 0.717) is 27.0 Å². The molecule has 1 amide bonds. The van der Waals surface area contributed by atoms with E-state index < -0.39 is 0 Å². The van der Waals surface area contributed by atoms with Crippen molar-refractivity contribution in [3.8, 4) is 18.1 Å². The maximum atomic E-state index is 12.6. The average molecular weight is 548 g/mol. The number of carbonyl (C=O) groups is 1. The van der Waals surface area contributed by atoms with Crippen LogP contribution in [0.5, 0.6) is 5.75 Å². The van der Waals surface area contributed by atoms with E-state index in [1.807, 2.05) is 45.6 Å². The summed E-state index contributed by atoms with van der Waals surface area (Å²) in [4.78, 5) is 12.6. The molecule has 8 nitrogen and oxygen atoms in total. The molecule has 2 aromatic rings. The highest BCUT2D eigenvalue weighted by Gasteiger charge is 2.22. The molecular formula is C23H25IN4O4. The van der Waals surface area contributed by atoms with Crippen LogP contribution >= 0.6 is 22.6 Å². The number of nitrogens with zero attached hydrogens (tertiary/aromatic N) is 3. The first kappa shape index (κ1) is 23.7. The maximum Gasteiger partial charge on any atom is 0.261 e. The number of aromatic nitrogens is 2. The van der Waals surface area contributed by atoms with Gasteiger partial charge in [-0.05, 0) is 65.6 Å². The average Bonchev–Trinajstić information content (AvgIpc) is 3.24. The van der Waals surface area contributed by atoms with Crippen molar-refractivity contribution in [2.24, 2.45) is 11.1 Å². The summed E-state index contributed by atoms with van der Waals surface area (Å²) in [6, 6.07) is 4.02. The van der Waals surface area contributed by atoms with Crippen LogP contribution in [0, 0.1) is 18.3 Å². The van der Waals surface area contributed by atoms with Crippen LogP contribution in [0.4, 0.5) is 5.69 Å². The molecule has 1 heterocycles. The van der Waals surface area contributed by atoms with Crippen LogP contribution in [0.1, 0.15) is 31.7 Å². The number of fused-ring (bicyclic) bond motifs is 1. The number of hydrogen-bond acceptors (Lipinski definition) is 6. The van der Waals surface area contributed by atoms with Crippen molar-refractivity contribution in [2.45, 2.75) is 31.7 Å². The van der Waals surface area contributed by atoms with Gasteiger partial charge in [-0.2, -0.15) is 5.10 Å². The fraction of sp³-hybridized carbons (Fsp3) is 0.348. The van der Waals surface area contributed by atoms with Crippen molar-refractivity contribution in [3.05, 3.63) is 40.1 Å². The summed E-state index contributed by atoms with van der Waals surface area (Å²) in [5, 5.41) is 20.2. The molecule has 168 valence electrons. The second-order valence-electron chi connectivity index (χ2n) is 7.36. The molecule has 0 atom stereocenters. The lowest BCUT2D eigenvalue weighted by molar-refractivity contribution is -0.112. The molecule has 1 aromatic carbocycles. The smallest absolute Gasteiger partial charge is 0.261 e. The van der Waals surface area contributed by atoms with E-state index in [2.05, 4.69) is 16.4 Å². The minimum Gasteiger partial charge on any atom is -0.494 e. The normalized spacial score (nSPS) is 19.7. The molecule has 0 bridgehead atoms. The van der Waals surface area contributed by atoms with Gasteiger partial charge in [0.15, 0.2) is 0 Å². The van der Waals surface area contributed by atoms with Gasteiger partial charge in [0.05, 0.1) is 35.0 Å². The largest absolute Gasteiger partial charge is 0.494 e. The number of oxime groups is 1. The molecule has 3 rings (SSSR count). The molecule has 0 radical (unpaired) electrons. The monoisotopic (exact) mass is 548 g/mol. The highest BCUT2D eigenvalue weighted by atomic mass is 127. The van der Waals surface area contributed by atoms with E-state index in [-0.39, 0.29) is 11.8 Å². The summed E-state index contributed by atoms with van der Waals surface area (Å²) in [5.74, 6) is 3.48. The predicted molar refractivity (Wildman–Crippen MR) is 132 cm³/mol. The quantitative estimate of drug-likeness (QED) is 0.0801. The van der Waals surface area contributed by atoms with Crippen LogP contribution in [0.2, 0.25) is 0 Å². The van der Waals surface area contributed by atoms with Gasteiger partial charge in [-0.1, -0.05) is 6.08 Å². The second-order valence-corrected chi connectivity index (χ2v) is 8.52. The Kier molecular flexibility index (Phi) is 8.16. The van der Waals surface area contributed by atoms with Crippen LogP contribution in [0.15, 0.2) is 45.3 Å². The fourth-order valence-electron chi connectivity index (χ4n) is 3.65. The number of amides is 1. The number of benzene rings is 1. The van der Waals surface area contributed by atoms with Crippen molar-refractivity contribution >= 4 is 51.0 Å². The van der Waals surface area contributed by atoms with Gasteiger partial charge in [-0.3, -0.25) is 9.48 Å². The second kappa shape index (κ2) is 11.0. The summed E-state index contributed by atoms with van der Waals surface area (Å²) in [6.07, 6.45) is 16.2. The SMILES string of the molecule is C#C[C@H]1CC[C@H](n2cc3cc(NC(=O)/C(I)=C/C=C\C(=N\O)OC)c(OC)cc3n2)CC1. The standard InChI is InChI=1S/C23H25IN4O4/c1-4-15-8-10-17(11-9-15)28-14-16-12-20(21(31-2)13-19(16)26-28)25-23(29)18(24)6-5-7-22(27-30)32-3/h1,5-7,12-15,17,30H,8-11H2,2-3H3,(H,25,29)/b7-5-,18-6-,27-22-/t15-,17-. The van der Waals surface area contributed by atoms with E-state index in [1.165, 1.54) is 13.2 Å². The van der Waals surface area contributed by atoms with Gasteiger partial charge in [-0.15, -0.1) is 12.3 Å². The minimum absolute atomic E-state index is 0.0303. The number of rotatable bonds is 6. The molecule has 1 aliphatic rings. The molecule has 1 fully saturated rings. The van der Waals surface area contributed by atoms with E-state index in [1.54, 1.807) is 19.3 Å². The van der Waals surface area contributed by atoms with Crippen LogP contribution in [-0.2, 0) is 9.53 Å². The number of ether oxygens (including phenoxy) is 2. The Balaban J connectivity index is 1.78. The summed E-state index contributed by atoms with van der Waals surface area (Å²) in [6.45, 7) is 0. The van der Waals surface area contributed by atoms with Crippen molar-refractivity contribution < 1.29 is 19.5 Å². The third-order valence-electron chi connectivity index (χ3n) is 5.40. The third kappa shape index (κ3) is 5.62. The van der Waals surface area contributed by atoms with E-state index in [9.17, 15) is 4.79 Å². The number of allylic oxidation sites excluding steroid dienone is 2. The van der Waals surface area contributed by atoms with E-state index >= 15 is 0 Å². The van der Waals surface area contributed by atoms with E-state index in [4.69, 9.17) is 26.2 Å². The van der Waals surface area contributed by atoms with Gasteiger partial charge >= 0.3 is 0 Å². The number of carbonyl (C=O) groups excluding carboxylic acids is 1. The summed E-state index contributed by atoms with van der Waals surface area (Å²) >= 11 is 1.93.